The molecule has 0 saturated carbocycles. The maximum Gasteiger partial charge on any atom is 0.226 e. The molecule has 0 radical (unpaired) electrons. The van der Waals surface area contributed by atoms with E-state index in [9.17, 15) is 4.79 Å². The Labute approximate surface area is 154 Å². The molecule has 0 unspecified atom stereocenters. The van der Waals surface area contributed by atoms with Crippen LogP contribution in [0, 0.1) is 0 Å². The lowest BCUT2D eigenvalue weighted by Gasteiger charge is -2.30. The lowest BCUT2D eigenvalue weighted by molar-refractivity contribution is -0.115. The van der Waals surface area contributed by atoms with Gasteiger partial charge < -0.3 is 25.0 Å². The van der Waals surface area contributed by atoms with Crippen molar-refractivity contribution >= 4 is 23.0 Å². The van der Waals surface area contributed by atoms with Crippen LogP contribution in [-0.4, -0.2) is 45.9 Å². The fraction of sp³-hybridized carbons (Fsp3) is 0.350. The molecule has 2 aromatic rings. The van der Waals surface area contributed by atoms with Crippen LogP contribution in [-0.2, 0) is 9.53 Å². The third-order valence-corrected chi connectivity index (χ3v) is 4.28. The summed E-state index contributed by atoms with van der Waals surface area (Å²) in [4.78, 5) is 14.6. The van der Waals surface area contributed by atoms with Gasteiger partial charge in [0.25, 0.3) is 0 Å². The number of hydrogen-bond acceptors (Lipinski definition) is 5. The molecule has 2 aromatic carbocycles. The van der Waals surface area contributed by atoms with E-state index in [0.717, 1.165) is 35.9 Å². The van der Waals surface area contributed by atoms with Gasteiger partial charge in [0.05, 0.1) is 31.7 Å². The van der Waals surface area contributed by atoms with Gasteiger partial charge in [-0.1, -0.05) is 18.2 Å². The molecule has 2 N–H and O–H groups in total. The highest BCUT2D eigenvalue weighted by Crippen LogP contribution is 2.26. The van der Waals surface area contributed by atoms with E-state index < -0.39 is 0 Å². The van der Waals surface area contributed by atoms with Crippen LogP contribution in [0.4, 0.5) is 17.1 Å². The summed E-state index contributed by atoms with van der Waals surface area (Å²) in [5, 5.41) is 6.28. The third-order valence-electron chi connectivity index (χ3n) is 4.28. The number of hydrogen-bond donors (Lipinski definition) is 2. The molecule has 1 aliphatic rings. The summed E-state index contributed by atoms with van der Waals surface area (Å²) in [5.41, 5.74) is 2.83. The Morgan fingerprint density at radius 2 is 1.96 bits per heavy atom. The molecule has 0 atom stereocenters. The smallest absolute Gasteiger partial charge is 0.226 e. The number of nitrogens with zero attached hydrogens (tertiary/aromatic N) is 1. The molecule has 1 fully saturated rings. The van der Waals surface area contributed by atoms with Crippen molar-refractivity contribution < 1.29 is 14.3 Å². The molecule has 6 heteroatoms. The molecule has 1 amide bonds. The summed E-state index contributed by atoms with van der Waals surface area (Å²) in [6, 6.07) is 15.6. The van der Waals surface area contributed by atoms with Gasteiger partial charge in [-0.3, -0.25) is 4.79 Å². The van der Waals surface area contributed by atoms with Crippen molar-refractivity contribution in [3.8, 4) is 5.75 Å². The van der Waals surface area contributed by atoms with Gasteiger partial charge in [-0.05, 0) is 24.3 Å². The number of methoxy groups -OCH3 is 1. The maximum atomic E-state index is 12.3. The third kappa shape index (κ3) is 4.89. The van der Waals surface area contributed by atoms with Crippen LogP contribution >= 0.6 is 0 Å². The standard InChI is InChI=1S/C20H25N3O3/c1-25-17-6-4-5-16(15-17)21-10-9-20(24)22-18-7-2-3-8-19(18)23-11-13-26-14-12-23/h2-8,15,21H,9-14H2,1H3,(H,22,24). The van der Waals surface area contributed by atoms with Crippen LogP contribution in [0.3, 0.4) is 0 Å². The van der Waals surface area contributed by atoms with E-state index in [0.29, 0.717) is 26.2 Å². The minimum atomic E-state index is -0.0129. The number of morpholine rings is 1. The number of nitrogens with one attached hydrogen (secondary N) is 2. The minimum Gasteiger partial charge on any atom is -0.497 e. The van der Waals surface area contributed by atoms with Crippen LogP contribution < -0.4 is 20.3 Å². The SMILES string of the molecule is COc1cccc(NCCC(=O)Nc2ccccc2N2CCOCC2)c1. The van der Waals surface area contributed by atoms with Crippen molar-refractivity contribution in [1.29, 1.82) is 0 Å². The largest absolute Gasteiger partial charge is 0.497 e. The Balaban J connectivity index is 1.53. The van der Waals surface area contributed by atoms with E-state index >= 15 is 0 Å². The molecule has 1 heterocycles. The highest BCUT2D eigenvalue weighted by molar-refractivity contribution is 5.94. The zero-order chi connectivity index (χ0) is 18.2. The van der Waals surface area contributed by atoms with E-state index in [-0.39, 0.29) is 5.91 Å². The predicted molar refractivity (Wildman–Crippen MR) is 104 cm³/mol. The molecular formula is C20H25N3O3. The zero-order valence-corrected chi connectivity index (χ0v) is 15.0. The summed E-state index contributed by atoms with van der Waals surface area (Å²) in [7, 11) is 1.64. The highest BCUT2D eigenvalue weighted by atomic mass is 16.5. The number of rotatable bonds is 7. The second-order valence-electron chi connectivity index (χ2n) is 6.07. The van der Waals surface area contributed by atoms with Crippen LogP contribution in [0.15, 0.2) is 48.5 Å². The van der Waals surface area contributed by atoms with Gasteiger partial charge >= 0.3 is 0 Å². The first-order valence-electron chi connectivity index (χ1n) is 8.86. The van der Waals surface area contributed by atoms with Crippen molar-refractivity contribution in [2.24, 2.45) is 0 Å². The maximum absolute atomic E-state index is 12.3. The first-order chi connectivity index (χ1) is 12.8. The molecule has 1 aliphatic heterocycles. The van der Waals surface area contributed by atoms with E-state index in [1.165, 1.54) is 0 Å². The Bertz CT molecular complexity index is 730. The molecule has 1 saturated heterocycles. The van der Waals surface area contributed by atoms with Gasteiger partial charge in [0, 0.05) is 37.8 Å². The molecule has 26 heavy (non-hydrogen) atoms. The van der Waals surface area contributed by atoms with E-state index in [2.05, 4.69) is 15.5 Å². The number of para-hydroxylation sites is 2. The fourth-order valence-electron chi connectivity index (χ4n) is 2.93. The number of amides is 1. The number of carbonyl (C=O) groups excluding carboxylic acids is 1. The molecule has 0 bridgehead atoms. The van der Waals surface area contributed by atoms with Crippen LogP contribution in [0.2, 0.25) is 0 Å². The van der Waals surface area contributed by atoms with Crippen molar-refractivity contribution in [2.75, 3.05) is 55.5 Å². The lowest BCUT2D eigenvalue weighted by atomic mass is 10.2. The average molecular weight is 355 g/mol. The lowest BCUT2D eigenvalue weighted by Crippen LogP contribution is -2.36. The summed E-state index contributed by atoms with van der Waals surface area (Å²) in [5.74, 6) is 0.778. The molecular weight excluding hydrogens is 330 g/mol. The van der Waals surface area contributed by atoms with Crippen molar-refractivity contribution in [3.63, 3.8) is 0 Å². The van der Waals surface area contributed by atoms with Crippen molar-refractivity contribution in [1.82, 2.24) is 0 Å². The summed E-state index contributed by atoms with van der Waals surface area (Å²) in [6.07, 6.45) is 0.384. The van der Waals surface area contributed by atoms with Crippen molar-refractivity contribution in [2.45, 2.75) is 6.42 Å². The highest BCUT2D eigenvalue weighted by Gasteiger charge is 2.15. The summed E-state index contributed by atoms with van der Waals surface area (Å²) >= 11 is 0. The van der Waals surface area contributed by atoms with E-state index in [4.69, 9.17) is 9.47 Å². The number of ether oxygens (including phenoxy) is 2. The van der Waals surface area contributed by atoms with E-state index in [1.807, 2.05) is 48.5 Å². The first kappa shape index (κ1) is 18.1. The Hall–Kier alpha value is -2.73. The predicted octanol–water partition coefficient (Wildman–Crippen LogP) is 2.97. The second kappa shape index (κ2) is 9.10. The Kier molecular flexibility index (Phi) is 6.33. The van der Waals surface area contributed by atoms with Crippen LogP contribution in [0.25, 0.3) is 0 Å². The molecule has 138 valence electrons. The normalized spacial score (nSPS) is 14.0. The topological polar surface area (TPSA) is 62.8 Å². The molecule has 0 spiro atoms. The average Bonchev–Trinajstić information content (AvgIpc) is 2.69. The van der Waals surface area contributed by atoms with Gasteiger partial charge in [-0.15, -0.1) is 0 Å². The van der Waals surface area contributed by atoms with Gasteiger partial charge in [0.1, 0.15) is 5.75 Å². The Morgan fingerprint density at radius 3 is 2.77 bits per heavy atom. The molecule has 3 rings (SSSR count). The van der Waals surface area contributed by atoms with Crippen LogP contribution in [0.1, 0.15) is 6.42 Å². The summed E-state index contributed by atoms with van der Waals surface area (Å²) < 4.78 is 10.6. The summed E-state index contributed by atoms with van der Waals surface area (Å²) in [6.45, 7) is 3.66. The quantitative estimate of drug-likeness (QED) is 0.799. The zero-order valence-electron chi connectivity index (χ0n) is 15.0. The van der Waals surface area contributed by atoms with Crippen LogP contribution in [0.5, 0.6) is 5.75 Å². The van der Waals surface area contributed by atoms with Gasteiger partial charge in [-0.2, -0.15) is 0 Å². The first-order valence-corrected chi connectivity index (χ1v) is 8.86. The van der Waals surface area contributed by atoms with Gasteiger partial charge in [0.2, 0.25) is 5.91 Å². The van der Waals surface area contributed by atoms with Gasteiger partial charge in [0.15, 0.2) is 0 Å². The number of anilines is 3. The molecule has 0 aliphatic carbocycles. The Morgan fingerprint density at radius 1 is 1.15 bits per heavy atom. The number of benzene rings is 2. The van der Waals surface area contributed by atoms with E-state index in [1.54, 1.807) is 7.11 Å². The fourth-order valence-corrected chi connectivity index (χ4v) is 2.93. The molecule has 0 aromatic heterocycles. The second-order valence-corrected chi connectivity index (χ2v) is 6.07. The van der Waals surface area contributed by atoms with Gasteiger partial charge in [-0.25, -0.2) is 0 Å². The monoisotopic (exact) mass is 355 g/mol. The molecule has 6 nitrogen and oxygen atoms in total. The number of carbonyl (C=O) groups is 1. The van der Waals surface area contributed by atoms with Crippen molar-refractivity contribution in [3.05, 3.63) is 48.5 Å². The minimum absolute atomic E-state index is 0.0129.